The molecule has 0 aliphatic heterocycles. The maximum atomic E-state index is 12.1. The molecule has 146 valence electrons. The molecule has 0 saturated heterocycles. The summed E-state index contributed by atoms with van der Waals surface area (Å²) in [4.78, 5) is 27.2. The fourth-order valence-electron chi connectivity index (χ4n) is 3.23. The summed E-state index contributed by atoms with van der Waals surface area (Å²) in [5.74, 6) is -0.791. The van der Waals surface area contributed by atoms with Gasteiger partial charge in [-0.3, -0.25) is 9.59 Å². The number of amides is 1. The quantitative estimate of drug-likeness (QED) is 0.553. The zero-order valence-electron chi connectivity index (χ0n) is 16.0. The Bertz CT molecular complexity index is 987. The van der Waals surface area contributed by atoms with Gasteiger partial charge in [0, 0.05) is 23.5 Å². The van der Waals surface area contributed by atoms with Gasteiger partial charge in [0.25, 0.3) is 5.91 Å². The molecule has 2 N–H and O–H groups in total. The number of benzene rings is 2. The van der Waals surface area contributed by atoms with Gasteiger partial charge in [-0.1, -0.05) is 35.9 Å². The first kappa shape index (κ1) is 20.0. The van der Waals surface area contributed by atoms with Gasteiger partial charge in [-0.25, -0.2) is 0 Å². The molecule has 3 aromatic rings. The molecule has 0 spiro atoms. The molecule has 2 aromatic carbocycles. The lowest BCUT2D eigenvalue weighted by atomic mass is 10.1. The first-order valence-corrected chi connectivity index (χ1v) is 9.59. The highest BCUT2D eigenvalue weighted by molar-refractivity contribution is 6.34. The van der Waals surface area contributed by atoms with Gasteiger partial charge in [0.2, 0.25) is 0 Å². The van der Waals surface area contributed by atoms with E-state index < -0.39 is 5.91 Å². The maximum absolute atomic E-state index is 12.1. The predicted octanol–water partition coefficient (Wildman–Crippen LogP) is 4.94. The summed E-state index contributed by atoms with van der Waals surface area (Å²) in [7, 11) is 0. The second kappa shape index (κ2) is 8.93. The molecule has 1 aromatic heterocycles. The van der Waals surface area contributed by atoms with Crippen molar-refractivity contribution in [3.63, 3.8) is 0 Å². The fourth-order valence-corrected chi connectivity index (χ4v) is 3.60. The van der Waals surface area contributed by atoms with Gasteiger partial charge in [-0.15, -0.1) is 0 Å². The molecule has 0 fully saturated rings. The number of halogens is 1. The number of nitrogens with one attached hydrogen (secondary N) is 2. The number of hydrogen-bond acceptors (Lipinski definition) is 3. The average Bonchev–Trinajstić information content (AvgIpc) is 3.06. The number of para-hydroxylation sites is 1. The van der Waals surface area contributed by atoms with Crippen LogP contribution >= 0.6 is 11.6 Å². The molecule has 28 heavy (non-hydrogen) atoms. The Morgan fingerprint density at radius 3 is 2.75 bits per heavy atom. The lowest BCUT2D eigenvalue weighted by Crippen LogP contribution is -2.21. The SMILES string of the molecule is Cc1cc(C)c(NC(=O)COC(=O)CCCc2c[nH]c3ccccc23)c(Cl)c1. The zero-order chi connectivity index (χ0) is 20.1. The van der Waals surface area contributed by atoms with Crippen LogP contribution in [0.1, 0.15) is 29.5 Å². The van der Waals surface area contributed by atoms with E-state index >= 15 is 0 Å². The number of aryl methyl sites for hydroxylation is 3. The van der Waals surface area contributed by atoms with E-state index in [1.165, 1.54) is 10.9 Å². The Morgan fingerprint density at radius 2 is 1.96 bits per heavy atom. The molecule has 1 amide bonds. The van der Waals surface area contributed by atoms with E-state index in [9.17, 15) is 9.59 Å². The average molecular weight is 399 g/mol. The second-order valence-corrected chi connectivity index (χ2v) is 7.27. The van der Waals surface area contributed by atoms with Gasteiger partial charge in [0.15, 0.2) is 6.61 Å². The van der Waals surface area contributed by atoms with Crippen LogP contribution in [0.15, 0.2) is 42.6 Å². The number of hydrogen-bond donors (Lipinski definition) is 2. The Morgan fingerprint density at radius 1 is 1.18 bits per heavy atom. The number of rotatable bonds is 7. The number of carbonyl (C=O) groups is 2. The van der Waals surface area contributed by atoms with E-state index in [-0.39, 0.29) is 19.0 Å². The summed E-state index contributed by atoms with van der Waals surface area (Å²) in [5.41, 5.74) is 4.69. The summed E-state index contributed by atoms with van der Waals surface area (Å²) in [6.07, 6.45) is 3.66. The predicted molar refractivity (Wildman–Crippen MR) is 112 cm³/mol. The number of anilines is 1. The third-order valence-corrected chi connectivity index (χ3v) is 4.86. The summed E-state index contributed by atoms with van der Waals surface area (Å²) >= 11 is 6.18. The number of fused-ring (bicyclic) bond motifs is 1. The topological polar surface area (TPSA) is 71.2 Å². The van der Waals surface area contributed by atoms with Crippen molar-refractivity contribution in [2.75, 3.05) is 11.9 Å². The maximum Gasteiger partial charge on any atom is 0.306 e. The van der Waals surface area contributed by atoms with Gasteiger partial charge in [-0.05, 0) is 55.5 Å². The third-order valence-electron chi connectivity index (χ3n) is 4.56. The first-order chi connectivity index (χ1) is 13.4. The normalized spacial score (nSPS) is 10.8. The van der Waals surface area contributed by atoms with E-state index in [4.69, 9.17) is 16.3 Å². The van der Waals surface area contributed by atoms with Crippen molar-refractivity contribution in [1.82, 2.24) is 4.98 Å². The molecule has 5 nitrogen and oxygen atoms in total. The van der Waals surface area contributed by atoms with Crippen LogP contribution in [0.25, 0.3) is 10.9 Å². The molecule has 1 heterocycles. The van der Waals surface area contributed by atoms with Crippen LogP contribution in [0.4, 0.5) is 5.69 Å². The van der Waals surface area contributed by atoms with Crippen molar-refractivity contribution in [1.29, 1.82) is 0 Å². The Kier molecular flexibility index (Phi) is 6.37. The summed E-state index contributed by atoms with van der Waals surface area (Å²) in [5, 5.41) is 4.34. The highest BCUT2D eigenvalue weighted by Crippen LogP contribution is 2.27. The van der Waals surface area contributed by atoms with Gasteiger partial charge in [-0.2, -0.15) is 0 Å². The number of H-pyrrole nitrogens is 1. The van der Waals surface area contributed by atoms with Crippen LogP contribution < -0.4 is 5.32 Å². The van der Waals surface area contributed by atoms with Crippen molar-refractivity contribution in [2.45, 2.75) is 33.1 Å². The molecule has 6 heteroatoms. The highest BCUT2D eigenvalue weighted by atomic mass is 35.5. The van der Waals surface area contributed by atoms with E-state index in [1.54, 1.807) is 6.07 Å². The molecule has 0 radical (unpaired) electrons. The molecule has 0 aliphatic rings. The lowest BCUT2D eigenvalue weighted by Gasteiger charge is -2.11. The Labute approximate surface area is 169 Å². The first-order valence-electron chi connectivity index (χ1n) is 9.21. The van der Waals surface area contributed by atoms with Crippen LogP contribution in [0.2, 0.25) is 5.02 Å². The Hall–Kier alpha value is -2.79. The minimum atomic E-state index is -0.404. The van der Waals surface area contributed by atoms with E-state index in [1.807, 2.05) is 44.3 Å². The minimum Gasteiger partial charge on any atom is -0.456 e. The van der Waals surface area contributed by atoms with Crippen LogP contribution in [0.5, 0.6) is 0 Å². The molecule has 0 atom stereocenters. The van der Waals surface area contributed by atoms with Crippen molar-refractivity contribution < 1.29 is 14.3 Å². The van der Waals surface area contributed by atoms with Gasteiger partial charge >= 0.3 is 5.97 Å². The molecular weight excluding hydrogens is 376 g/mol. The van der Waals surface area contributed by atoms with Crippen molar-refractivity contribution in [3.8, 4) is 0 Å². The molecule has 0 aliphatic carbocycles. The highest BCUT2D eigenvalue weighted by Gasteiger charge is 2.12. The molecular formula is C22H23ClN2O3. The number of aromatic nitrogens is 1. The summed E-state index contributed by atoms with van der Waals surface area (Å²) in [6, 6.07) is 11.8. The number of carbonyl (C=O) groups excluding carboxylic acids is 2. The molecule has 0 saturated carbocycles. The third kappa shape index (κ3) is 4.93. The smallest absolute Gasteiger partial charge is 0.306 e. The molecule has 3 rings (SSSR count). The number of aromatic amines is 1. The van der Waals surface area contributed by atoms with E-state index in [2.05, 4.69) is 16.4 Å². The zero-order valence-corrected chi connectivity index (χ0v) is 16.7. The van der Waals surface area contributed by atoms with Gasteiger partial charge < -0.3 is 15.0 Å². The number of ether oxygens (including phenoxy) is 1. The van der Waals surface area contributed by atoms with Gasteiger partial charge in [0.1, 0.15) is 0 Å². The van der Waals surface area contributed by atoms with Crippen molar-refractivity contribution in [3.05, 3.63) is 64.3 Å². The van der Waals surface area contributed by atoms with E-state index in [0.29, 0.717) is 17.1 Å². The number of esters is 1. The molecule has 0 unspecified atom stereocenters. The summed E-state index contributed by atoms with van der Waals surface area (Å²) in [6.45, 7) is 3.48. The van der Waals surface area contributed by atoms with Crippen LogP contribution in [0, 0.1) is 13.8 Å². The standard InChI is InChI=1S/C22H23ClN2O3/c1-14-10-15(2)22(18(23)11-14)25-20(26)13-28-21(27)9-5-6-16-12-24-19-8-4-3-7-17(16)19/h3-4,7-8,10-12,24H,5-6,9,13H2,1-2H3,(H,25,26). The van der Waals surface area contributed by atoms with Crippen molar-refractivity contribution >= 4 is 40.1 Å². The van der Waals surface area contributed by atoms with Crippen LogP contribution in [-0.4, -0.2) is 23.5 Å². The largest absolute Gasteiger partial charge is 0.456 e. The fraction of sp³-hybridized carbons (Fsp3) is 0.273. The minimum absolute atomic E-state index is 0.261. The van der Waals surface area contributed by atoms with Crippen LogP contribution in [-0.2, 0) is 20.7 Å². The molecule has 0 bridgehead atoms. The van der Waals surface area contributed by atoms with Crippen molar-refractivity contribution in [2.24, 2.45) is 0 Å². The van der Waals surface area contributed by atoms with E-state index in [0.717, 1.165) is 23.1 Å². The lowest BCUT2D eigenvalue weighted by molar-refractivity contribution is -0.147. The summed E-state index contributed by atoms with van der Waals surface area (Å²) < 4.78 is 5.08. The van der Waals surface area contributed by atoms with Crippen LogP contribution in [0.3, 0.4) is 0 Å². The second-order valence-electron chi connectivity index (χ2n) is 6.86. The van der Waals surface area contributed by atoms with Gasteiger partial charge in [0.05, 0.1) is 10.7 Å². The Balaban J connectivity index is 1.43. The monoisotopic (exact) mass is 398 g/mol.